The second-order valence-electron chi connectivity index (χ2n) is 10.0. The van der Waals surface area contributed by atoms with E-state index in [2.05, 4.69) is 16.0 Å². The average molecular weight is 542 g/mol. The van der Waals surface area contributed by atoms with Crippen LogP contribution in [0.2, 0.25) is 0 Å². The van der Waals surface area contributed by atoms with Crippen LogP contribution in [0.15, 0.2) is 60.4 Å². The van der Waals surface area contributed by atoms with Gasteiger partial charge in [-0.1, -0.05) is 6.08 Å². The molecule has 1 aliphatic heterocycles. The van der Waals surface area contributed by atoms with Crippen LogP contribution >= 0.6 is 0 Å². The van der Waals surface area contributed by atoms with Crippen molar-refractivity contribution < 1.29 is 18.3 Å². The maximum Gasteiger partial charge on any atom is 0.264 e. The van der Waals surface area contributed by atoms with Crippen molar-refractivity contribution in [2.75, 3.05) is 12.3 Å². The van der Waals surface area contributed by atoms with Gasteiger partial charge in [0.05, 0.1) is 18.0 Å². The van der Waals surface area contributed by atoms with Gasteiger partial charge in [-0.2, -0.15) is 10.4 Å². The van der Waals surface area contributed by atoms with Crippen molar-refractivity contribution >= 4 is 22.8 Å². The zero-order valence-corrected chi connectivity index (χ0v) is 21.4. The van der Waals surface area contributed by atoms with Crippen LogP contribution < -0.4 is 10.5 Å². The number of halogens is 2. The average Bonchev–Trinajstić information content (AvgIpc) is 3.53. The number of carbonyl (C=O) groups is 1. The van der Waals surface area contributed by atoms with Crippen LogP contribution in [0.5, 0.6) is 11.5 Å². The van der Waals surface area contributed by atoms with Gasteiger partial charge in [-0.25, -0.2) is 23.4 Å². The van der Waals surface area contributed by atoms with Crippen molar-refractivity contribution in [2.24, 2.45) is 5.92 Å². The van der Waals surface area contributed by atoms with E-state index in [1.807, 2.05) is 0 Å². The highest BCUT2D eigenvalue weighted by Gasteiger charge is 2.33. The number of likely N-dealkylation sites (tertiary alicyclic amines) is 1. The summed E-state index contributed by atoms with van der Waals surface area (Å²) in [6, 6.07) is 11.6. The number of hydrogen-bond acceptors (Lipinski definition) is 7. The lowest BCUT2D eigenvalue weighted by Crippen LogP contribution is -2.39. The fraction of sp³-hybridized carbons (Fsp3) is 0.276. The molecule has 1 amide bonds. The van der Waals surface area contributed by atoms with Crippen LogP contribution in [0.3, 0.4) is 0 Å². The van der Waals surface area contributed by atoms with Gasteiger partial charge < -0.3 is 15.4 Å². The molecule has 6 rings (SSSR count). The maximum absolute atomic E-state index is 14.0. The van der Waals surface area contributed by atoms with Gasteiger partial charge in [0.1, 0.15) is 41.0 Å². The number of allylic oxidation sites excluding steroid dienone is 1. The summed E-state index contributed by atoms with van der Waals surface area (Å²) >= 11 is 0. The summed E-state index contributed by atoms with van der Waals surface area (Å²) < 4.78 is 34.8. The minimum Gasteiger partial charge on any atom is -0.454 e. The molecule has 0 spiro atoms. The van der Waals surface area contributed by atoms with Gasteiger partial charge in [0, 0.05) is 18.2 Å². The number of amides is 1. The second kappa shape index (κ2) is 10.4. The number of benzene rings is 2. The van der Waals surface area contributed by atoms with Crippen molar-refractivity contribution in [1.82, 2.24) is 24.6 Å². The number of ether oxygens (including phenoxy) is 1. The first-order chi connectivity index (χ1) is 19.4. The minimum atomic E-state index is -0.676. The third kappa shape index (κ3) is 4.96. The molecule has 4 aromatic rings. The van der Waals surface area contributed by atoms with Crippen molar-refractivity contribution in [3.8, 4) is 28.8 Å². The lowest BCUT2D eigenvalue weighted by Gasteiger charge is -2.24. The van der Waals surface area contributed by atoms with E-state index in [0.29, 0.717) is 47.0 Å². The van der Waals surface area contributed by atoms with E-state index in [4.69, 9.17) is 15.6 Å². The SMILES string of the molecule is N#CC(=CC1CC1)C(=O)N1CCCC1Cn1nc(-c2ccc(Oc3cc(F)ccc3F)cc2)c2c(N)ncnc21. The van der Waals surface area contributed by atoms with Gasteiger partial charge >= 0.3 is 0 Å². The third-order valence-corrected chi connectivity index (χ3v) is 7.20. The number of hydrogen-bond donors (Lipinski definition) is 1. The summed E-state index contributed by atoms with van der Waals surface area (Å²) in [7, 11) is 0. The number of nitrogens with two attached hydrogens (primary N) is 1. The standard InChI is InChI=1S/C29H25F2N7O2/c30-20-7-10-23(31)24(13-20)40-22-8-5-18(6-9-22)26-25-27(33)34-16-35-28(25)38(36-26)15-21-2-1-11-37(21)29(39)19(14-32)12-17-3-4-17/h5-10,12-13,16-17,21H,1-4,11,15H2,(H2,33,34,35). The fourth-order valence-electron chi connectivity index (χ4n) is 5.03. The Morgan fingerprint density at radius 3 is 2.70 bits per heavy atom. The van der Waals surface area contributed by atoms with Crippen molar-refractivity contribution in [1.29, 1.82) is 5.26 Å². The van der Waals surface area contributed by atoms with Crippen molar-refractivity contribution in [2.45, 2.75) is 38.3 Å². The molecule has 1 unspecified atom stereocenters. The summed E-state index contributed by atoms with van der Waals surface area (Å²) in [4.78, 5) is 23.5. The molecule has 0 bridgehead atoms. The van der Waals surface area contributed by atoms with Gasteiger partial charge in [-0.05, 0) is 68.0 Å². The molecule has 1 saturated heterocycles. The molecule has 2 N–H and O–H groups in total. The molecule has 202 valence electrons. The highest BCUT2D eigenvalue weighted by Crippen LogP contribution is 2.34. The summed E-state index contributed by atoms with van der Waals surface area (Å²) in [6.45, 7) is 0.949. The van der Waals surface area contributed by atoms with Crippen LogP contribution in [-0.4, -0.2) is 43.1 Å². The lowest BCUT2D eigenvalue weighted by atomic mass is 10.1. The molecule has 2 aromatic carbocycles. The smallest absolute Gasteiger partial charge is 0.264 e. The highest BCUT2D eigenvalue weighted by molar-refractivity contribution is 5.99. The second-order valence-corrected chi connectivity index (χ2v) is 10.0. The minimum absolute atomic E-state index is 0.160. The molecule has 2 aliphatic rings. The van der Waals surface area contributed by atoms with Gasteiger partial charge in [0.15, 0.2) is 17.2 Å². The Morgan fingerprint density at radius 1 is 1.15 bits per heavy atom. The zero-order valence-electron chi connectivity index (χ0n) is 21.4. The Balaban J connectivity index is 1.28. The van der Waals surface area contributed by atoms with E-state index in [0.717, 1.165) is 43.9 Å². The number of carbonyl (C=O) groups excluding carboxylic acids is 1. The number of nitrogen functional groups attached to an aromatic ring is 1. The highest BCUT2D eigenvalue weighted by atomic mass is 19.1. The number of fused-ring (bicyclic) bond motifs is 1. The molecular formula is C29H25F2N7O2. The third-order valence-electron chi connectivity index (χ3n) is 7.20. The van der Waals surface area contributed by atoms with Gasteiger partial charge in [-0.15, -0.1) is 0 Å². The number of nitriles is 1. The van der Waals surface area contributed by atoms with Crippen LogP contribution in [0.1, 0.15) is 25.7 Å². The molecular weight excluding hydrogens is 516 g/mol. The van der Waals surface area contributed by atoms with E-state index in [-0.39, 0.29) is 29.1 Å². The molecule has 2 aromatic heterocycles. The predicted molar refractivity (Wildman–Crippen MR) is 143 cm³/mol. The predicted octanol–water partition coefficient (Wildman–Crippen LogP) is 5.00. The summed E-state index contributed by atoms with van der Waals surface area (Å²) in [6.07, 6.45) is 6.79. The summed E-state index contributed by atoms with van der Waals surface area (Å²) in [5.74, 6) is -0.854. The van der Waals surface area contributed by atoms with E-state index in [1.54, 1.807) is 39.9 Å². The topological polar surface area (TPSA) is 123 Å². The normalized spacial score (nSPS) is 17.3. The Kier molecular flexibility index (Phi) is 6.59. The zero-order chi connectivity index (χ0) is 27.8. The molecule has 9 nitrogen and oxygen atoms in total. The van der Waals surface area contributed by atoms with Gasteiger partial charge in [0.2, 0.25) is 0 Å². The number of anilines is 1. The Morgan fingerprint density at radius 2 is 1.95 bits per heavy atom. The van der Waals surface area contributed by atoms with Gasteiger partial charge in [0.25, 0.3) is 5.91 Å². The number of rotatable bonds is 7. The number of nitrogens with zero attached hydrogens (tertiary/aromatic N) is 6. The molecule has 0 radical (unpaired) electrons. The van der Waals surface area contributed by atoms with E-state index < -0.39 is 11.6 Å². The molecule has 1 aliphatic carbocycles. The van der Waals surface area contributed by atoms with E-state index in [9.17, 15) is 18.8 Å². The van der Waals surface area contributed by atoms with E-state index >= 15 is 0 Å². The maximum atomic E-state index is 14.0. The molecule has 1 atom stereocenters. The van der Waals surface area contributed by atoms with Crippen LogP contribution in [0.4, 0.5) is 14.6 Å². The molecule has 1 saturated carbocycles. The summed E-state index contributed by atoms with van der Waals surface area (Å²) in [5, 5.41) is 15.0. The van der Waals surface area contributed by atoms with Crippen LogP contribution in [-0.2, 0) is 11.3 Å². The van der Waals surface area contributed by atoms with Crippen molar-refractivity contribution in [3.05, 3.63) is 72.1 Å². The molecule has 3 heterocycles. The molecule has 40 heavy (non-hydrogen) atoms. The monoisotopic (exact) mass is 541 g/mol. The number of aromatic nitrogens is 4. The lowest BCUT2D eigenvalue weighted by molar-refractivity contribution is -0.127. The van der Waals surface area contributed by atoms with E-state index in [1.165, 1.54) is 6.33 Å². The Hall–Kier alpha value is -4.85. The first-order valence-corrected chi connectivity index (χ1v) is 13.0. The fourth-order valence-corrected chi connectivity index (χ4v) is 5.03. The summed E-state index contributed by atoms with van der Waals surface area (Å²) in [5.41, 5.74) is 8.21. The van der Waals surface area contributed by atoms with Crippen molar-refractivity contribution in [3.63, 3.8) is 0 Å². The first kappa shape index (κ1) is 25.4. The first-order valence-electron chi connectivity index (χ1n) is 13.0. The largest absolute Gasteiger partial charge is 0.454 e. The quantitative estimate of drug-likeness (QED) is 0.258. The molecule has 2 fully saturated rings. The molecule has 11 heteroatoms. The van der Waals surface area contributed by atoms with Crippen LogP contribution in [0, 0.1) is 28.9 Å². The van der Waals surface area contributed by atoms with Gasteiger partial charge in [-0.3, -0.25) is 4.79 Å². The Bertz CT molecular complexity index is 1670. The van der Waals surface area contributed by atoms with Crippen LogP contribution in [0.25, 0.3) is 22.3 Å². The Labute approximate surface area is 228 Å².